The molecule has 0 radical (unpaired) electrons. The van der Waals surface area contributed by atoms with E-state index in [1.165, 1.54) is 16.7 Å². The molecule has 0 aliphatic rings. The van der Waals surface area contributed by atoms with E-state index in [0.717, 1.165) is 41.9 Å². The second kappa shape index (κ2) is 13.4. The number of aryl methyl sites for hydroxylation is 1. The molecule has 0 aliphatic carbocycles. The van der Waals surface area contributed by atoms with Crippen molar-refractivity contribution in [2.45, 2.75) is 26.4 Å². The third-order valence-electron chi connectivity index (χ3n) is 5.11. The van der Waals surface area contributed by atoms with Crippen LogP contribution in [0.15, 0.2) is 77.8 Å². The van der Waals surface area contributed by atoms with Crippen LogP contribution in [0.5, 0.6) is 11.5 Å². The lowest BCUT2D eigenvalue weighted by Crippen LogP contribution is -2.27. The molecule has 0 saturated heterocycles. The van der Waals surface area contributed by atoms with Crippen LogP contribution >= 0.6 is 35.7 Å². The standard InChI is InChI=1S/C26H30N2O2S.HI/c1-5-22-8-6-7-9-25(22)27-26(31-4)28(18-20-10-14-23(29-2)15-11-20)19-21-12-16-24(30-3)17-13-21;/h6-17H,5,18-19H2,1-4H3;1H. The number of ether oxygens (including phenoxy) is 2. The van der Waals surface area contributed by atoms with Crippen LogP contribution in [-0.4, -0.2) is 30.5 Å². The maximum absolute atomic E-state index is 5.31. The van der Waals surface area contributed by atoms with Crippen LogP contribution in [0.3, 0.4) is 0 Å². The number of methoxy groups -OCH3 is 2. The molecule has 0 fully saturated rings. The van der Waals surface area contributed by atoms with Crippen LogP contribution in [0.25, 0.3) is 0 Å². The lowest BCUT2D eigenvalue weighted by atomic mass is 10.1. The molecule has 6 heteroatoms. The lowest BCUT2D eigenvalue weighted by Gasteiger charge is -2.26. The van der Waals surface area contributed by atoms with Gasteiger partial charge in [-0.05, 0) is 59.7 Å². The van der Waals surface area contributed by atoms with Crippen molar-refractivity contribution in [1.82, 2.24) is 4.90 Å². The van der Waals surface area contributed by atoms with E-state index in [1.54, 1.807) is 26.0 Å². The van der Waals surface area contributed by atoms with Crippen molar-refractivity contribution in [2.24, 2.45) is 4.99 Å². The minimum Gasteiger partial charge on any atom is -0.497 e. The zero-order valence-electron chi connectivity index (χ0n) is 19.1. The average molecular weight is 563 g/mol. The summed E-state index contributed by atoms with van der Waals surface area (Å²) in [6.45, 7) is 3.67. The molecule has 0 bridgehead atoms. The van der Waals surface area contributed by atoms with Crippen LogP contribution < -0.4 is 9.47 Å². The molecule has 0 aliphatic heterocycles. The number of amidine groups is 1. The number of nitrogens with zero attached hydrogens (tertiary/aromatic N) is 2. The number of hydrogen-bond donors (Lipinski definition) is 0. The summed E-state index contributed by atoms with van der Waals surface area (Å²) in [6, 6.07) is 24.8. The zero-order chi connectivity index (χ0) is 22.1. The molecular weight excluding hydrogens is 531 g/mol. The molecule has 170 valence electrons. The average Bonchev–Trinajstić information content (AvgIpc) is 2.83. The second-order valence-corrected chi connectivity index (χ2v) is 7.91. The van der Waals surface area contributed by atoms with Crippen molar-refractivity contribution >= 4 is 46.6 Å². The minimum absolute atomic E-state index is 0. The minimum atomic E-state index is 0. The van der Waals surface area contributed by atoms with E-state index >= 15 is 0 Å². The summed E-state index contributed by atoms with van der Waals surface area (Å²) in [7, 11) is 3.38. The summed E-state index contributed by atoms with van der Waals surface area (Å²) in [6.07, 6.45) is 3.04. The lowest BCUT2D eigenvalue weighted by molar-refractivity contribution is 0.405. The first-order valence-electron chi connectivity index (χ1n) is 10.4. The molecule has 0 N–H and O–H groups in total. The van der Waals surface area contributed by atoms with Crippen molar-refractivity contribution in [3.63, 3.8) is 0 Å². The molecule has 0 saturated carbocycles. The van der Waals surface area contributed by atoms with Gasteiger partial charge in [-0.3, -0.25) is 0 Å². The smallest absolute Gasteiger partial charge is 0.164 e. The summed E-state index contributed by atoms with van der Waals surface area (Å²) in [4.78, 5) is 7.38. The highest BCUT2D eigenvalue weighted by molar-refractivity contribution is 14.0. The van der Waals surface area contributed by atoms with E-state index in [2.05, 4.69) is 60.5 Å². The van der Waals surface area contributed by atoms with Gasteiger partial charge in [-0.15, -0.1) is 24.0 Å². The molecule has 0 unspecified atom stereocenters. The molecule has 0 amide bonds. The van der Waals surface area contributed by atoms with Crippen molar-refractivity contribution in [2.75, 3.05) is 20.5 Å². The Morgan fingerprint density at radius 1 is 0.812 bits per heavy atom. The first-order valence-corrected chi connectivity index (χ1v) is 11.6. The van der Waals surface area contributed by atoms with E-state index in [1.807, 2.05) is 30.3 Å². The van der Waals surface area contributed by atoms with Crippen LogP contribution in [0.1, 0.15) is 23.6 Å². The highest BCUT2D eigenvalue weighted by Gasteiger charge is 2.14. The van der Waals surface area contributed by atoms with Gasteiger partial charge in [0.05, 0.1) is 19.9 Å². The highest BCUT2D eigenvalue weighted by atomic mass is 127. The largest absolute Gasteiger partial charge is 0.497 e. The molecule has 0 heterocycles. The first kappa shape index (κ1) is 26.1. The van der Waals surface area contributed by atoms with Crippen molar-refractivity contribution in [3.8, 4) is 11.5 Å². The Labute approximate surface area is 213 Å². The number of halogens is 1. The van der Waals surface area contributed by atoms with Crippen molar-refractivity contribution in [1.29, 1.82) is 0 Å². The number of aliphatic imine (C=N–C) groups is 1. The van der Waals surface area contributed by atoms with Gasteiger partial charge in [0, 0.05) is 13.1 Å². The molecule has 0 aromatic heterocycles. The van der Waals surface area contributed by atoms with E-state index in [9.17, 15) is 0 Å². The Balaban J connectivity index is 0.00000363. The van der Waals surface area contributed by atoms with Crippen molar-refractivity contribution < 1.29 is 9.47 Å². The predicted octanol–water partition coefficient (Wildman–Crippen LogP) is 6.94. The topological polar surface area (TPSA) is 34.1 Å². The maximum atomic E-state index is 5.31. The predicted molar refractivity (Wildman–Crippen MR) is 147 cm³/mol. The molecule has 4 nitrogen and oxygen atoms in total. The summed E-state index contributed by atoms with van der Waals surface area (Å²) >= 11 is 1.67. The molecule has 3 rings (SSSR count). The SMILES string of the molecule is CCc1ccccc1N=C(SC)N(Cc1ccc(OC)cc1)Cc1ccc(OC)cc1.I. The Hall–Kier alpha value is -2.19. The monoisotopic (exact) mass is 562 g/mol. The fourth-order valence-corrected chi connectivity index (χ4v) is 3.94. The Morgan fingerprint density at radius 2 is 1.31 bits per heavy atom. The van der Waals surface area contributed by atoms with Crippen LogP contribution in [0.4, 0.5) is 5.69 Å². The quantitative estimate of drug-likeness (QED) is 0.169. The van der Waals surface area contributed by atoms with Crippen molar-refractivity contribution in [3.05, 3.63) is 89.5 Å². The van der Waals surface area contributed by atoms with Crippen LogP contribution in [0, 0.1) is 0 Å². The fraction of sp³-hybridized carbons (Fsp3) is 0.269. The first-order chi connectivity index (χ1) is 15.2. The van der Waals surface area contributed by atoms with E-state index in [4.69, 9.17) is 14.5 Å². The second-order valence-electron chi connectivity index (χ2n) is 7.13. The summed E-state index contributed by atoms with van der Waals surface area (Å²) in [5, 5.41) is 0.993. The maximum Gasteiger partial charge on any atom is 0.164 e. The fourth-order valence-electron chi connectivity index (χ4n) is 3.36. The zero-order valence-corrected chi connectivity index (χ0v) is 22.2. The van der Waals surface area contributed by atoms with Gasteiger partial charge >= 0.3 is 0 Å². The number of rotatable bonds is 8. The summed E-state index contributed by atoms with van der Waals surface area (Å²) < 4.78 is 10.6. The van der Waals surface area contributed by atoms with Gasteiger partial charge in [0.25, 0.3) is 0 Å². The van der Waals surface area contributed by atoms with Gasteiger partial charge in [0.15, 0.2) is 5.17 Å². The number of para-hydroxylation sites is 1. The number of hydrogen-bond acceptors (Lipinski definition) is 4. The van der Waals surface area contributed by atoms with Gasteiger partial charge < -0.3 is 14.4 Å². The van der Waals surface area contributed by atoms with E-state index in [0.29, 0.717) is 0 Å². The number of thioether (sulfide) groups is 1. The Morgan fingerprint density at radius 3 is 1.75 bits per heavy atom. The van der Waals surface area contributed by atoms with Gasteiger partial charge in [0.1, 0.15) is 11.5 Å². The molecular formula is C26H31IN2O2S. The van der Waals surface area contributed by atoms with E-state index < -0.39 is 0 Å². The van der Waals surface area contributed by atoms with E-state index in [-0.39, 0.29) is 24.0 Å². The number of benzene rings is 3. The summed E-state index contributed by atoms with van der Waals surface area (Å²) in [5.74, 6) is 1.72. The third-order valence-corrected chi connectivity index (χ3v) is 5.82. The van der Waals surface area contributed by atoms with Gasteiger partial charge in [0.2, 0.25) is 0 Å². The molecule has 0 spiro atoms. The Bertz CT molecular complexity index is 942. The van der Waals surface area contributed by atoms with Crippen LogP contribution in [-0.2, 0) is 19.5 Å². The molecule has 3 aromatic carbocycles. The summed E-state index contributed by atoms with van der Waals surface area (Å²) in [5.41, 5.74) is 4.70. The van der Waals surface area contributed by atoms with Crippen LogP contribution in [0.2, 0.25) is 0 Å². The Kier molecular flexibility index (Phi) is 10.9. The third kappa shape index (κ3) is 7.17. The highest BCUT2D eigenvalue weighted by Crippen LogP contribution is 2.25. The molecule has 32 heavy (non-hydrogen) atoms. The van der Waals surface area contributed by atoms with Gasteiger partial charge in [-0.1, -0.05) is 61.2 Å². The normalized spacial score (nSPS) is 10.9. The molecule has 3 aromatic rings. The van der Waals surface area contributed by atoms with Gasteiger partial charge in [-0.2, -0.15) is 0 Å². The molecule has 0 atom stereocenters. The van der Waals surface area contributed by atoms with Gasteiger partial charge in [-0.25, -0.2) is 4.99 Å².